The molecule has 5 heteroatoms. The number of rotatable bonds is 4. The third-order valence-corrected chi connectivity index (χ3v) is 5.26. The predicted octanol–water partition coefficient (Wildman–Crippen LogP) is 2.44. The monoisotopic (exact) mass is 282 g/mol. The van der Waals surface area contributed by atoms with E-state index in [9.17, 15) is 8.42 Å². The molecule has 0 heterocycles. The largest absolute Gasteiger partial charge is 0.399 e. The molecular weight excluding hydrogens is 260 g/mol. The molecular formula is C14H22N2O2S. The van der Waals surface area contributed by atoms with Crippen molar-refractivity contribution >= 4 is 15.7 Å². The van der Waals surface area contributed by atoms with Crippen molar-refractivity contribution < 1.29 is 8.42 Å². The number of aryl methyl sites for hydroxylation is 1. The number of hydrogen-bond acceptors (Lipinski definition) is 3. The summed E-state index contributed by atoms with van der Waals surface area (Å²) >= 11 is 0. The molecule has 0 atom stereocenters. The van der Waals surface area contributed by atoms with Crippen LogP contribution in [0.4, 0.5) is 5.69 Å². The first-order valence-corrected chi connectivity index (χ1v) is 8.33. The molecule has 0 bridgehead atoms. The minimum atomic E-state index is -3.40. The van der Waals surface area contributed by atoms with Crippen LogP contribution in [-0.2, 0) is 10.0 Å². The molecule has 4 nitrogen and oxygen atoms in total. The molecule has 0 unspecified atom stereocenters. The van der Waals surface area contributed by atoms with E-state index in [2.05, 4.69) is 4.72 Å². The Morgan fingerprint density at radius 1 is 1.26 bits per heavy atom. The summed E-state index contributed by atoms with van der Waals surface area (Å²) in [6.45, 7) is 2.36. The second kappa shape index (κ2) is 5.92. The molecule has 0 spiro atoms. The smallest absolute Gasteiger partial charge is 0.240 e. The average molecular weight is 282 g/mol. The lowest BCUT2D eigenvalue weighted by Gasteiger charge is -2.21. The summed E-state index contributed by atoms with van der Waals surface area (Å²) in [5.41, 5.74) is 7.12. The van der Waals surface area contributed by atoms with Gasteiger partial charge in [0.2, 0.25) is 10.0 Å². The standard InChI is InChI=1S/C14H22N2O2S/c1-11-9-13(7-8-14(11)15)19(17,18)16-10-12-5-3-2-4-6-12/h7-9,12,16H,2-6,10,15H2,1H3. The van der Waals surface area contributed by atoms with Crippen molar-refractivity contribution in [3.8, 4) is 0 Å². The second-order valence-corrected chi connectivity index (χ2v) is 7.14. The van der Waals surface area contributed by atoms with Crippen molar-refractivity contribution in [2.24, 2.45) is 5.92 Å². The Bertz CT molecular complexity index is 534. The van der Waals surface area contributed by atoms with Gasteiger partial charge in [-0.1, -0.05) is 19.3 Å². The molecule has 2 rings (SSSR count). The first-order chi connectivity index (χ1) is 8.99. The van der Waals surface area contributed by atoms with Gasteiger partial charge < -0.3 is 5.73 Å². The summed E-state index contributed by atoms with van der Waals surface area (Å²) in [6, 6.07) is 4.83. The number of benzene rings is 1. The Kier molecular flexibility index (Phi) is 4.47. The molecule has 0 radical (unpaired) electrons. The van der Waals surface area contributed by atoms with E-state index in [4.69, 9.17) is 5.73 Å². The molecule has 1 fully saturated rings. The van der Waals surface area contributed by atoms with E-state index in [1.54, 1.807) is 18.2 Å². The van der Waals surface area contributed by atoms with Crippen LogP contribution in [0.25, 0.3) is 0 Å². The van der Waals surface area contributed by atoms with Gasteiger partial charge in [0.15, 0.2) is 0 Å². The Morgan fingerprint density at radius 2 is 1.95 bits per heavy atom. The molecule has 0 aromatic heterocycles. The minimum absolute atomic E-state index is 0.301. The normalized spacial score (nSPS) is 17.5. The number of nitrogens with one attached hydrogen (secondary N) is 1. The maximum atomic E-state index is 12.2. The van der Waals surface area contributed by atoms with Gasteiger partial charge in [0, 0.05) is 12.2 Å². The number of anilines is 1. The molecule has 0 saturated heterocycles. The lowest BCUT2D eigenvalue weighted by atomic mass is 9.90. The van der Waals surface area contributed by atoms with E-state index < -0.39 is 10.0 Å². The van der Waals surface area contributed by atoms with Crippen molar-refractivity contribution in [3.63, 3.8) is 0 Å². The van der Waals surface area contributed by atoms with Crippen molar-refractivity contribution in [1.82, 2.24) is 4.72 Å². The summed E-state index contributed by atoms with van der Waals surface area (Å²) in [6.07, 6.45) is 5.97. The first-order valence-electron chi connectivity index (χ1n) is 6.85. The van der Waals surface area contributed by atoms with E-state index in [-0.39, 0.29) is 0 Å². The molecule has 0 amide bonds. The maximum absolute atomic E-state index is 12.2. The summed E-state index contributed by atoms with van der Waals surface area (Å²) in [4.78, 5) is 0.301. The summed E-state index contributed by atoms with van der Waals surface area (Å²) in [5, 5.41) is 0. The molecule has 1 aromatic carbocycles. The Morgan fingerprint density at radius 3 is 2.58 bits per heavy atom. The highest BCUT2D eigenvalue weighted by molar-refractivity contribution is 7.89. The quantitative estimate of drug-likeness (QED) is 0.833. The molecule has 1 aliphatic rings. The van der Waals surface area contributed by atoms with Crippen LogP contribution in [0, 0.1) is 12.8 Å². The minimum Gasteiger partial charge on any atom is -0.399 e. The van der Waals surface area contributed by atoms with Crippen molar-refractivity contribution in [3.05, 3.63) is 23.8 Å². The fraction of sp³-hybridized carbons (Fsp3) is 0.571. The summed E-state index contributed by atoms with van der Waals surface area (Å²) in [5.74, 6) is 0.485. The molecule has 1 aromatic rings. The van der Waals surface area contributed by atoms with E-state index >= 15 is 0 Å². The van der Waals surface area contributed by atoms with Crippen molar-refractivity contribution in [2.75, 3.05) is 12.3 Å². The Balaban J connectivity index is 2.02. The van der Waals surface area contributed by atoms with Gasteiger partial charge in [-0.05, 0) is 49.4 Å². The van der Waals surface area contributed by atoms with Gasteiger partial charge >= 0.3 is 0 Å². The highest BCUT2D eigenvalue weighted by Gasteiger charge is 2.19. The van der Waals surface area contributed by atoms with E-state index in [0.29, 0.717) is 23.0 Å². The lowest BCUT2D eigenvalue weighted by molar-refractivity contribution is 0.357. The van der Waals surface area contributed by atoms with Gasteiger partial charge in [-0.3, -0.25) is 0 Å². The predicted molar refractivity (Wildman–Crippen MR) is 77.4 cm³/mol. The van der Waals surface area contributed by atoms with Crippen LogP contribution in [0.3, 0.4) is 0 Å². The average Bonchev–Trinajstić information content (AvgIpc) is 2.41. The Labute approximate surface area is 115 Å². The fourth-order valence-corrected chi connectivity index (χ4v) is 3.72. The van der Waals surface area contributed by atoms with Crippen LogP contribution in [0.1, 0.15) is 37.7 Å². The SMILES string of the molecule is Cc1cc(S(=O)(=O)NCC2CCCCC2)ccc1N. The van der Waals surface area contributed by atoms with Gasteiger partial charge in [0.25, 0.3) is 0 Å². The van der Waals surface area contributed by atoms with E-state index in [0.717, 1.165) is 18.4 Å². The zero-order chi connectivity index (χ0) is 13.9. The van der Waals surface area contributed by atoms with Crippen LogP contribution >= 0.6 is 0 Å². The number of hydrogen-bond donors (Lipinski definition) is 2. The summed E-state index contributed by atoms with van der Waals surface area (Å²) < 4.78 is 27.1. The molecule has 1 aliphatic carbocycles. The van der Waals surface area contributed by atoms with Gasteiger partial charge in [0.1, 0.15) is 0 Å². The van der Waals surface area contributed by atoms with Crippen molar-refractivity contribution in [1.29, 1.82) is 0 Å². The summed E-state index contributed by atoms with van der Waals surface area (Å²) in [7, 11) is -3.40. The highest BCUT2D eigenvalue weighted by Crippen LogP contribution is 2.23. The molecule has 106 valence electrons. The highest BCUT2D eigenvalue weighted by atomic mass is 32.2. The van der Waals surface area contributed by atoms with Gasteiger partial charge in [0.05, 0.1) is 4.90 Å². The zero-order valence-electron chi connectivity index (χ0n) is 11.4. The topological polar surface area (TPSA) is 72.2 Å². The van der Waals surface area contributed by atoms with Gasteiger partial charge in [-0.2, -0.15) is 0 Å². The number of nitrogens with two attached hydrogens (primary N) is 1. The van der Waals surface area contributed by atoms with Crippen molar-refractivity contribution in [2.45, 2.75) is 43.9 Å². The van der Waals surface area contributed by atoms with E-state index in [1.807, 2.05) is 6.92 Å². The third-order valence-electron chi connectivity index (χ3n) is 3.84. The first kappa shape index (κ1) is 14.3. The van der Waals surface area contributed by atoms with Gasteiger partial charge in [-0.25, -0.2) is 13.1 Å². The number of nitrogen functional groups attached to an aromatic ring is 1. The van der Waals surface area contributed by atoms with Crippen LogP contribution in [0.15, 0.2) is 23.1 Å². The number of sulfonamides is 1. The molecule has 1 saturated carbocycles. The fourth-order valence-electron chi connectivity index (χ4n) is 2.52. The van der Waals surface area contributed by atoms with Gasteiger partial charge in [-0.15, -0.1) is 0 Å². The molecule has 3 N–H and O–H groups in total. The maximum Gasteiger partial charge on any atom is 0.240 e. The van der Waals surface area contributed by atoms with Crippen LogP contribution in [0.5, 0.6) is 0 Å². The van der Waals surface area contributed by atoms with Crippen LogP contribution in [-0.4, -0.2) is 15.0 Å². The van der Waals surface area contributed by atoms with Crippen LogP contribution in [0.2, 0.25) is 0 Å². The lowest BCUT2D eigenvalue weighted by Crippen LogP contribution is -2.30. The molecule has 19 heavy (non-hydrogen) atoms. The third kappa shape index (κ3) is 3.70. The second-order valence-electron chi connectivity index (χ2n) is 5.37. The van der Waals surface area contributed by atoms with Crippen LogP contribution < -0.4 is 10.5 Å². The zero-order valence-corrected chi connectivity index (χ0v) is 12.2. The Hall–Kier alpha value is -1.07. The molecule has 0 aliphatic heterocycles. The van der Waals surface area contributed by atoms with E-state index in [1.165, 1.54) is 19.3 Å².